The summed E-state index contributed by atoms with van der Waals surface area (Å²) in [5.74, 6) is 0.681. The van der Waals surface area contributed by atoms with Crippen LogP contribution in [0.4, 0.5) is 5.95 Å². The molecule has 0 aliphatic carbocycles. The maximum Gasteiger partial charge on any atom is 0.247 e. The third kappa shape index (κ3) is 1.91. The molecule has 19 heavy (non-hydrogen) atoms. The predicted octanol–water partition coefficient (Wildman–Crippen LogP) is 2.66. The molecule has 3 aromatic rings. The van der Waals surface area contributed by atoms with Crippen LogP contribution in [0.1, 0.15) is 19.4 Å². The molecule has 0 saturated carbocycles. The van der Waals surface area contributed by atoms with E-state index in [1.54, 1.807) is 0 Å². The highest BCUT2D eigenvalue weighted by Crippen LogP contribution is 2.23. The van der Waals surface area contributed by atoms with Crippen molar-refractivity contribution in [3.8, 4) is 0 Å². The number of aryl methyl sites for hydroxylation is 1. The van der Waals surface area contributed by atoms with Crippen LogP contribution in [-0.2, 0) is 0 Å². The van der Waals surface area contributed by atoms with Crippen molar-refractivity contribution >= 4 is 28.0 Å². The number of aromatic nitrogens is 4. The molecule has 5 heteroatoms. The fourth-order valence-electron chi connectivity index (χ4n) is 2.32. The molecule has 5 nitrogen and oxygen atoms in total. The Labute approximate surface area is 111 Å². The molecular weight excluding hydrogens is 238 g/mol. The highest BCUT2D eigenvalue weighted by atomic mass is 15.3. The lowest BCUT2D eigenvalue weighted by atomic mass is 10.2. The molecule has 2 aromatic heterocycles. The van der Waals surface area contributed by atoms with Gasteiger partial charge in [-0.3, -0.25) is 0 Å². The quantitative estimate of drug-likeness (QED) is 0.781. The minimum atomic E-state index is 0.681. The first-order chi connectivity index (χ1) is 9.22. The van der Waals surface area contributed by atoms with Crippen LogP contribution in [0.5, 0.6) is 0 Å². The van der Waals surface area contributed by atoms with Gasteiger partial charge in [-0.1, -0.05) is 11.6 Å². The second-order valence-electron chi connectivity index (χ2n) is 4.66. The lowest BCUT2D eigenvalue weighted by Crippen LogP contribution is -2.24. The molecule has 0 spiro atoms. The molecule has 0 atom stereocenters. The smallest absolute Gasteiger partial charge is 0.247 e. The van der Waals surface area contributed by atoms with E-state index < -0.39 is 0 Å². The Balaban J connectivity index is 2.21. The van der Waals surface area contributed by atoms with Gasteiger partial charge in [-0.05, 0) is 32.9 Å². The van der Waals surface area contributed by atoms with E-state index in [0.29, 0.717) is 5.95 Å². The van der Waals surface area contributed by atoms with Crippen molar-refractivity contribution in [3.63, 3.8) is 0 Å². The molecular formula is C14H17N5. The number of hydrogen-bond acceptors (Lipinski definition) is 4. The van der Waals surface area contributed by atoms with Crippen molar-refractivity contribution in [1.29, 1.82) is 0 Å². The monoisotopic (exact) mass is 255 g/mol. The van der Waals surface area contributed by atoms with Gasteiger partial charge < -0.3 is 9.88 Å². The summed E-state index contributed by atoms with van der Waals surface area (Å²) in [6, 6.07) is 6.25. The molecule has 0 radical (unpaired) electrons. The molecule has 1 N–H and O–H groups in total. The maximum absolute atomic E-state index is 4.58. The summed E-state index contributed by atoms with van der Waals surface area (Å²) in [4.78, 5) is 9.98. The van der Waals surface area contributed by atoms with Crippen molar-refractivity contribution in [2.75, 3.05) is 18.0 Å². The molecule has 0 fully saturated rings. The lowest BCUT2D eigenvalue weighted by Gasteiger charge is -2.16. The topological polar surface area (TPSA) is 57.7 Å². The van der Waals surface area contributed by atoms with Gasteiger partial charge in [-0.2, -0.15) is 4.98 Å². The molecule has 0 bridgehead atoms. The summed E-state index contributed by atoms with van der Waals surface area (Å²) >= 11 is 0. The van der Waals surface area contributed by atoms with Crippen LogP contribution in [0, 0.1) is 6.92 Å². The third-order valence-corrected chi connectivity index (χ3v) is 3.41. The van der Waals surface area contributed by atoms with Crippen LogP contribution in [0.25, 0.3) is 22.1 Å². The van der Waals surface area contributed by atoms with E-state index in [1.165, 1.54) is 5.56 Å². The average Bonchev–Trinajstić information content (AvgIpc) is 2.77. The van der Waals surface area contributed by atoms with Crippen LogP contribution in [0.2, 0.25) is 0 Å². The summed E-state index contributed by atoms with van der Waals surface area (Å²) in [5.41, 5.74) is 3.91. The van der Waals surface area contributed by atoms with Crippen LogP contribution in [-0.4, -0.2) is 33.3 Å². The Kier molecular flexibility index (Phi) is 2.81. The van der Waals surface area contributed by atoms with Crippen molar-refractivity contribution in [2.24, 2.45) is 0 Å². The standard InChI is InChI=1S/C14H17N5/c1-4-19(5-2)14-16-13-12(17-18-14)10-8-9(3)6-7-11(10)15-13/h6-8H,4-5H2,1-3H3,(H,15,16,18). The number of nitrogens with one attached hydrogen (secondary N) is 1. The Morgan fingerprint density at radius 1 is 1.16 bits per heavy atom. The summed E-state index contributed by atoms with van der Waals surface area (Å²) in [5, 5.41) is 9.67. The number of anilines is 1. The Morgan fingerprint density at radius 2 is 1.95 bits per heavy atom. The van der Waals surface area contributed by atoms with Gasteiger partial charge in [0.05, 0.1) is 0 Å². The number of H-pyrrole nitrogens is 1. The lowest BCUT2D eigenvalue weighted by molar-refractivity contribution is 0.805. The van der Waals surface area contributed by atoms with E-state index in [9.17, 15) is 0 Å². The summed E-state index contributed by atoms with van der Waals surface area (Å²) < 4.78 is 0. The number of fused-ring (bicyclic) bond motifs is 3. The largest absolute Gasteiger partial charge is 0.340 e. The first-order valence-corrected chi connectivity index (χ1v) is 6.60. The zero-order valence-electron chi connectivity index (χ0n) is 11.4. The van der Waals surface area contributed by atoms with Gasteiger partial charge in [0.15, 0.2) is 5.65 Å². The molecule has 0 unspecified atom stereocenters. The van der Waals surface area contributed by atoms with Gasteiger partial charge in [-0.15, -0.1) is 10.2 Å². The fraction of sp³-hybridized carbons (Fsp3) is 0.357. The molecule has 3 rings (SSSR count). The number of benzene rings is 1. The number of aromatic amines is 1. The summed E-state index contributed by atoms with van der Waals surface area (Å²) in [6.07, 6.45) is 0. The van der Waals surface area contributed by atoms with Crippen molar-refractivity contribution in [2.45, 2.75) is 20.8 Å². The molecule has 0 aliphatic rings. The van der Waals surface area contributed by atoms with Gasteiger partial charge in [0.1, 0.15) is 5.52 Å². The van der Waals surface area contributed by atoms with Gasteiger partial charge in [0.2, 0.25) is 5.95 Å². The van der Waals surface area contributed by atoms with E-state index in [1.807, 2.05) is 0 Å². The molecule has 0 aliphatic heterocycles. The molecule has 0 amide bonds. The van der Waals surface area contributed by atoms with E-state index in [-0.39, 0.29) is 0 Å². The minimum absolute atomic E-state index is 0.681. The Hall–Kier alpha value is -2.17. The second kappa shape index (κ2) is 4.50. The molecule has 0 saturated heterocycles. The van der Waals surface area contributed by atoms with Gasteiger partial charge in [0.25, 0.3) is 0 Å². The molecule has 2 heterocycles. The first kappa shape index (κ1) is 11.9. The van der Waals surface area contributed by atoms with Gasteiger partial charge in [-0.25, -0.2) is 0 Å². The minimum Gasteiger partial charge on any atom is -0.340 e. The van der Waals surface area contributed by atoms with Gasteiger partial charge in [0, 0.05) is 24.0 Å². The van der Waals surface area contributed by atoms with E-state index in [4.69, 9.17) is 0 Å². The molecule has 1 aromatic carbocycles. The summed E-state index contributed by atoms with van der Waals surface area (Å²) in [6.45, 7) is 8.01. The summed E-state index contributed by atoms with van der Waals surface area (Å²) in [7, 11) is 0. The predicted molar refractivity (Wildman–Crippen MR) is 77.5 cm³/mol. The number of nitrogens with zero attached hydrogens (tertiary/aromatic N) is 4. The first-order valence-electron chi connectivity index (χ1n) is 6.60. The normalized spacial score (nSPS) is 11.3. The Bertz CT molecular complexity index is 727. The van der Waals surface area contributed by atoms with Crippen LogP contribution in [0.15, 0.2) is 18.2 Å². The number of rotatable bonds is 3. The van der Waals surface area contributed by atoms with Crippen molar-refractivity contribution < 1.29 is 0 Å². The second-order valence-corrected chi connectivity index (χ2v) is 4.66. The van der Waals surface area contributed by atoms with Crippen molar-refractivity contribution in [3.05, 3.63) is 23.8 Å². The van der Waals surface area contributed by atoms with E-state index >= 15 is 0 Å². The zero-order valence-corrected chi connectivity index (χ0v) is 11.4. The highest BCUT2D eigenvalue weighted by molar-refractivity contribution is 6.03. The van der Waals surface area contributed by atoms with Crippen LogP contribution >= 0.6 is 0 Å². The van der Waals surface area contributed by atoms with Gasteiger partial charge >= 0.3 is 0 Å². The van der Waals surface area contributed by atoms with Crippen LogP contribution in [0.3, 0.4) is 0 Å². The number of hydrogen-bond donors (Lipinski definition) is 1. The average molecular weight is 255 g/mol. The van der Waals surface area contributed by atoms with Crippen molar-refractivity contribution in [1.82, 2.24) is 20.2 Å². The van der Waals surface area contributed by atoms with Crippen LogP contribution < -0.4 is 4.90 Å². The van der Waals surface area contributed by atoms with E-state index in [2.05, 4.69) is 64.0 Å². The zero-order chi connectivity index (χ0) is 13.4. The molecule has 98 valence electrons. The third-order valence-electron chi connectivity index (χ3n) is 3.41. The van der Waals surface area contributed by atoms with E-state index in [0.717, 1.165) is 35.2 Å². The fourth-order valence-corrected chi connectivity index (χ4v) is 2.32. The maximum atomic E-state index is 4.58. The Morgan fingerprint density at radius 3 is 2.68 bits per heavy atom. The SMILES string of the molecule is CCN(CC)c1nnc2c(n1)[nH]c1ccc(C)cc12. The highest BCUT2D eigenvalue weighted by Gasteiger charge is 2.11.